The van der Waals surface area contributed by atoms with E-state index >= 15 is 0 Å². The van der Waals surface area contributed by atoms with E-state index in [4.69, 9.17) is 22.3 Å². The van der Waals surface area contributed by atoms with Crippen molar-refractivity contribution in [1.29, 1.82) is 0 Å². The normalized spacial score (nSPS) is 11.1. The third-order valence-corrected chi connectivity index (χ3v) is 2.40. The standard InChI is InChI=1S/C11H15N5O2/c1-5-3-4-7(9(17)18)8(6(5)2)15-11(14)16-10(12)13/h3-4H,1-2H3,(H,17,18)(H6,12,13,14,15,16). The monoisotopic (exact) mass is 249 g/mol. The minimum atomic E-state index is -1.09. The summed E-state index contributed by atoms with van der Waals surface area (Å²) >= 11 is 0. The van der Waals surface area contributed by atoms with Crippen LogP contribution in [-0.4, -0.2) is 23.0 Å². The van der Waals surface area contributed by atoms with Gasteiger partial charge in [0.15, 0.2) is 5.96 Å². The molecule has 0 aliphatic heterocycles. The number of hydrogen-bond acceptors (Lipinski definition) is 2. The van der Waals surface area contributed by atoms with E-state index < -0.39 is 5.97 Å². The Morgan fingerprint density at radius 3 is 2.33 bits per heavy atom. The SMILES string of the molecule is Cc1ccc(C(=O)O)c(N=C(N)N=C(N)N)c1C. The summed E-state index contributed by atoms with van der Waals surface area (Å²) < 4.78 is 0. The Kier molecular flexibility index (Phi) is 3.88. The van der Waals surface area contributed by atoms with Crippen molar-refractivity contribution in [2.45, 2.75) is 13.8 Å². The topological polar surface area (TPSA) is 140 Å². The number of aliphatic imine (C=N–C) groups is 2. The molecule has 7 heteroatoms. The van der Waals surface area contributed by atoms with Crippen LogP contribution in [0.4, 0.5) is 5.69 Å². The summed E-state index contributed by atoms with van der Waals surface area (Å²) in [5.74, 6) is -1.51. The largest absolute Gasteiger partial charge is 0.478 e. The molecule has 7 N–H and O–H groups in total. The van der Waals surface area contributed by atoms with Gasteiger partial charge in [-0.25, -0.2) is 9.79 Å². The van der Waals surface area contributed by atoms with E-state index in [0.29, 0.717) is 5.56 Å². The lowest BCUT2D eigenvalue weighted by Gasteiger charge is -2.08. The predicted octanol–water partition coefficient (Wildman–Crippen LogP) is 0.221. The van der Waals surface area contributed by atoms with Gasteiger partial charge in [0.2, 0.25) is 5.96 Å². The van der Waals surface area contributed by atoms with E-state index in [1.807, 2.05) is 6.92 Å². The summed E-state index contributed by atoms with van der Waals surface area (Å²) in [6.45, 7) is 3.60. The molecular formula is C11H15N5O2. The molecule has 0 unspecified atom stereocenters. The van der Waals surface area contributed by atoms with E-state index in [1.165, 1.54) is 6.07 Å². The van der Waals surface area contributed by atoms with Gasteiger partial charge < -0.3 is 22.3 Å². The molecule has 0 saturated heterocycles. The van der Waals surface area contributed by atoms with Crippen LogP contribution in [0.2, 0.25) is 0 Å². The van der Waals surface area contributed by atoms with E-state index in [0.717, 1.165) is 5.56 Å². The maximum absolute atomic E-state index is 11.1. The smallest absolute Gasteiger partial charge is 0.337 e. The van der Waals surface area contributed by atoms with Crippen LogP contribution in [0.5, 0.6) is 0 Å². The van der Waals surface area contributed by atoms with Gasteiger partial charge in [0.25, 0.3) is 0 Å². The van der Waals surface area contributed by atoms with Crippen LogP contribution in [0.25, 0.3) is 0 Å². The van der Waals surface area contributed by atoms with E-state index in [9.17, 15) is 4.79 Å². The maximum Gasteiger partial charge on any atom is 0.337 e. The zero-order chi connectivity index (χ0) is 13.9. The number of aryl methyl sites for hydroxylation is 1. The van der Waals surface area contributed by atoms with Crippen LogP contribution >= 0.6 is 0 Å². The summed E-state index contributed by atoms with van der Waals surface area (Å²) in [4.78, 5) is 18.6. The number of benzene rings is 1. The van der Waals surface area contributed by atoms with Crippen molar-refractivity contribution < 1.29 is 9.90 Å². The number of carboxylic acids is 1. The molecule has 0 fully saturated rings. The van der Waals surface area contributed by atoms with Crippen molar-refractivity contribution in [3.05, 3.63) is 28.8 Å². The Morgan fingerprint density at radius 2 is 1.83 bits per heavy atom. The van der Waals surface area contributed by atoms with Gasteiger partial charge in [-0.3, -0.25) is 0 Å². The zero-order valence-electron chi connectivity index (χ0n) is 10.1. The molecule has 0 aliphatic carbocycles. The van der Waals surface area contributed by atoms with Crippen molar-refractivity contribution >= 4 is 23.6 Å². The van der Waals surface area contributed by atoms with Gasteiger partial charge in [-0.05, 0) is 31.0 Å². The van der Waals surface area contributed by atoms with Gasteiger partial charge in [0, 0.05) is 0 Å². The molecule has 7 nitrogen and oxygen atoms in total. The molecule has 0 amide bonds. The Morgan fingerprint density at radius 1 is 1.22 bits per heavy atom. The second-order valence-corrected chi connectivity index (χ2v) is 3.72. The fourth-order valence-corrected chi connectivity index (χ4v) is 1.39. The van der Waals surface area contributed by atoms with Crippen LogP contribution in [0.1, 0.15) is 21.5 Å². The lowest BCUT2D eigenvalue weighted by Crippen LogP contribution is -2.26. The predicted molar refractivity (Wildman–Crippen MR) is 70.0 cm³/mol. The molecule has 0 aliphatic rings. The molecule has 1 rings (SSSR count). The lowest BCUT2D eigenvalue weighted by molar-refractivity contribution is 0.0698. The first-order valence-electron chi connectivity index (χ1n) is 5.10. The molecule has 0 atom stereocenters. The minimum Gasteiger partial charge on any atom is -0.478 e. The highest BCUT2D eigenvalue weighted by Crippen LogP contribution is 2.27. The third-order valence-electron chi connectivity index (χ3n) is 2.40. The highest BCUT2D eigenvalue weighted by Gasteiger charge is 2.13. The summed E-state index contributed by atoms with van der Waals surface area (Å²) in [5, 5.41) is 9.08. The number of carboxylic acid groups (broad SMARTS) is 1. The molecule has 96 valence electrons. The summed E-state index contributed by atoms with van der Waals surface area (Å²) in [7, 11) is 0. The van der Waals surface area contributed by atoms with Crippen LogP contribution < -0.4 is 17.2 Å². The van der Waals surface area contributed by atoms with Crippen LogP contribution in [0.3, 0.4) is 0 Å². The average Bonchev–Trinajstić information content (AvgIpc) is 2.23. The number of guanidine groups is 2. The first kappa shape index (κ1) is 13.5. The minimum absolute atomic E-state index is 0.0480. The molecule has 1 aromatic rings. The molecule has 0 aromatic heterocycles. The zero-order valence-corrected chi connectivity index (χ0v) is 10.1. The van der Waals surface area contributed by atoms with Gasteiger partial charge in [-0.15, -0.1) is 0 Å². The first-order valence-corrected chi connectivity index (χ1v) is 5.10. The number of aromatic carboxylic acids is 1. The number of nitrogens with two attached hydrogens (primary N) is 3. The van der Waals surface area contributed by atoms with Crippen molar-refractivity contribution in [2.75, 3.05) is 0 Å². The Hall–Kier alpha value is -2.57. The van der Waals surface area contributed by atoms with Gasteiger partial charge in [0.05, 0.1) is 11.3 Å². The van der Waals surface area contributed by atoms with Gasteiger partial charge >= 0.3 is 5.97 Å². The quantitative estimate of drug-likeness (QED) is 0.438. The average molecular weight is 249 g/mol. The van der Waals surface area contributed by atoms with Gasteiger partial charge in [0.1, 0.15) is 0 Å². The number of hydrogen-bond donors (Lipinski definition) is 4. The maximum atomic E-state index is 11.1. The van der Waals surface area contributed by atoms with Crippen molar-refractivity contribution in [1.82, 2.24) is 0 Å². The molecule has 18 heavy (non-hydrogen) atoms. The second kappa shape index (κ2) is 5.17. The summed E-state index contributed by atoms with van der Waals surface area (Å²) in [6.07, 6.45) is 0. The number of carbonyl (C=O) groups is 1. The first-order chi connectivity index (χ1) is 8.32. The molecule has 0 spiro atoms. The van der Waals surface area contributed by atoms with Crippen molar-refractivity contribution in [3.8, 4) is 0 Å². The van der Waals surface area contributed by atoms with Crippen molar-refractivity contribution in [2.24, 2.45) is 27.2 Å². The highest BCUT2D eigenvalue weighted by atomic mass is 16.4. The molecule has 0 bridgehead atoms. The molecule has 0 radical (unpaired) electrons. The van der Waals surface area contributed by atoms with Gasteiger partial charge in [-0.1, -0.05) is 6.07 Å². The number of nitrogens with zero attached hydrogens (tertiary/aromatic N) is 2. The fraction of sp³-hybridized carbons (Fsp3) is 0.182. The third kappa shape index (κ3) is 2.97. The number of rotatable bonds is 2. The van der Waals surface area contributed by atoms with E-state index in [2.05, 4.69) is 9.98 Å². The molecule has 0 saturated carbocycles. The van der Waals surface area contributed by atoms with Crippen molar-refractivity contribution in [3.63, 3.8) is 0 Å². The second-order valence-electron chi connectivity index (χ2n) is 3.72. The Balaban J connectivity index is 3.43. The van der Waals surface area contributed by atoms with Crippen LogP contribution in [0.15, 0.2) is 22.1 Å². The summed E-state index contributed by atoms with van der Waals surface area (Å²) in [6, 6.07) is 3.17. The van der Waals surface area contributed by atoms with Crippen LogP contribution in [0, 0.1) is 13.8 Å². The molecular weight excluding hydrogens is 234 g/mol. The van der Waals surface area contributed by atoms with E-state index in [-0.39, 0.29) is 23.2 Å². The molecule has 0 heterocycles. The molecule has 1 aromatic carbocycles. The summed E-state index contributed by atoms with van der Waals surface area (Å²) in [5.41, 5.74) is 17.7. The Labute approximate surface area is 104 Å². The van der Waals surface area contributed by atoms with Gasteiger partial charge in [-0.2, -0.15) is 4.99 Å². The highest BCUT2D eigenvalue weighted by molar-refractivity contribution is 5.98. The lowest BCUT2D eigenvalue weighted by atomic mass is 10.0. The van der Waals surface area contributed by atoms with E-state index in [1.54, 1.807) is 13.0 Å². The fourth-order valence-electron chi connectivity index (χ4n) is 1.39. The Bertz CT molecular complexity index is 545. The van der Waals surface area contributed by atoms with Crippen LogP contribution in [-0.2, 0) is 0 Å².